The van der Waals surface area contributed by atoms with Gasteiger partial charge in [0, 0.05) is 6.20 Å². The van der Waals surface area contributed by atoms with Gasteiger partial charge in [-0.25, -0.2) is 9.97 Å². The van der Waals surface area contributed by atoms with Gasteiger partial charge in [-0.15, -0.1) is 0 Å². The molecule has 0 aromatic carbocycles. The van der Waals surface area contributed by atoms with E-state index in [4.69, 9.17) is 5.11 Å². The van der Waals surface area contributed by atoms with Gasteiger partial charge in [-0.2, -0.15) is 0 Å². The Bertz CT molecular complexity index is 287. The molecule has 0 aliphatic heterocycles. The summed E-state index contributed by atoms with van der Waals surface area (Å²) in [5.41, 5.74) is 0.195. The summed E-state index contributed by atoms with van der Waals surface area (Å²) in [6, 6.07) is 1.42. The fourth-order valence-electron chi connectivity index (χ4n) is 0.837. The normalized spacial score (nSPS) is 15.0. The van der Waals surface area contributed by atoms with Gasteiger partial charge in [0.25, 0.3) is 0 Å². The first-order chi connectivity index (χ1) is 6.13. The number of nitrogens with zero attached hydrogens (tertiary/aromatic N) is 2. The topological polar surface area (TPSA) is 83.3 Å². The zero-order chi connectivity index (χ0) is 9.84. The van der Waals surface area contributed by atoms with Crippen molar-refractivity contribution in [2.24, 2.45) is 0 Å². The Morgan fingerprint density at radius 1 is 1.54 bits per heavy atom. The Kier molecular flexibility index (Phi) is 3.05. The van der Waals surface area contributed by atoms with Crippen LogP contribution in [0.15, 0.2) is 18.6 Å². The fraction of sp³-hybridized carbons (Fsp3) is 0.375. The highest BCUT2D eigenvalue weighted by atomic mass is 16.3. The van der Waals surface area contributed by atoms with E-state index in [-0.39, 0.29) is 5.69 Å². The van der Waals surface area contributed by atoms with E-state index in [0.717, 1.165) is 0 Å². The van der Waals surface area contributed by atoms with Crippen LogP contribution in [-0.2, 0) is 4.79 Å². The highest BCUT2D eigenvalue weighted by Gasteiger charge is 2.22. The molecule has 0 fully saturated rings. The van der Waals surface area contributed by atoms with E-state index in [2.05, 4.69) is 9.97 Å². The molecule has 2 unspecified atom stereocenters. The van der Waals surface area contributed by atoms with Gasteiger partial charge in [0.2, 0.25) is 0 Å². The van der Waals surface area contributed by atoms with E-state index in [1.807, 2.05) is 0 Å². The van der Waals surface area contributed by atoms with Crippen molar-refractivity contribution in [2.75, 3.05) is 0 Å². The zero-order valence-corrected chi connectivity index (χ0v) is 7.08. The molecule has 1 rings (SSSR count). The summed E-state index contributed by atoms with van der Waals surface area (Å²) in [6.45, 7) is 1.30. The lowest BCUT2D eigenvalue weighted by molar-refractivity contribution is -0.135. The second-order valence-electron chi connectivity index (χ2n) is 2.62. The summed E-state index contributed by atoms with van der Waals surface area (Å²) in [5.74, 6) is -0.668. The van der Waals surface area contributed by atoms with E-state index in [1.54, 1.807) is 0 Å². The second-order valence-corrected chi connectivity index (χ2v) is 2.62. The average molecular weight is 182 g/mol. The number of aliphatic hydroxyl groups is 2. The third kappa shape index (κ3) is 2.30. The summed E-state index contributed by atoms with van der Waals surface area (Å²) in [7, 11) is 0. The quantitative estimate of drug-likeness (QED) is 0.656. The monoisotopic (exact) mass is 182 g/mol. The molecule has 0 aliphatic rings. The van der Waals surface area contributed by atoms with Crippen LogP contribution < -0.4 is 0 Å². The fourth-order valence-corrected chi connectivity index (χ4v) is 0.837. The summed E-state index contributed by atoms with van der Waals surface area (Å²) < 4.78 is 0. The van der Waals surface area contributed by atoms with Crippen molar-refractivity contribution >= 4 is 5.78 Å². The Morgan fingerprint density at radius 2 is 2.23 bits per heavy atom. The first kappa shape index (κ1) is 9.76. The molecular weight excluding hydrogens is 172 g/mol. The lowest BCUT2D eigenvalue weighted by atomic mass is 10.1. The number of carbonyl (C=O) groups is 1. The molecular formula is C8H10N2O3. The Labute approximate surface area is 75.1 Å². The Hall–Kier alpha value is -1.33. The first-order valence-corrected chi connectivity index (χ1v) is 3.78. The minimum Gasteiger partial charge on any atom is -0.385 e. The molecule has 0 radical (unpaired) electrons. The van der Waals surface area contributed by atoms with Crippen molar-refractivity contribution < 1.29 is 15.0 Å². The van der Waals surface area contributed by atoms with E-state index < -0.39 is 18.0 Å². The molecule has 0 saturated heterocycles. The van der Waals surface area contributed by atoms with Crippen LogP contribution in [0.5, 0.6) is 0 Å². The SMILES string of the molecule is CC(O)C(=O)C(O)c1ccncn1. The van der Waals surface area contributed by atoms with Gasteiger partial charge in [0.05, 0.1) is 5.69 Å². The standard InChI is InChI=1S/C8H10N2O3/c1-5(11)7(12)8(13)6-2-3-9-4-10-6/h2-5,8,11,13H,1H3. The van der Waals surface area contributed by atoms with Crippen LogP contribution in [0.3, 0.4) is 0 Å². The predicted molar refractivity (Wildman–Crippen MR) is 43.7 cm³/mol. The third-order valence-corrected chi connectivity index (χ3v) is 1.57. The van der Waals surface area contributed by atoms with Gasteiger partial charge < -0.3 is 10.2 Å². The maximum atomic E-state index is 11.1. The molecule has 2 atom stereocenters. The summed E-state index contributed by atoms with van der Waals surface area (Å²) in [6.07, 6.45) is 0.0855. The van der Waals surface area contributed by atoms with E-state index in [1.165, 1.54) is 25.5 Å². The second kappa shape index (κ2) is 4.06. The Balaban J connectivity index is 2.80. The van der Waals surface area contributed by atoms with E-state index in [0.29, 0.717) is 0 Å². The summed E-state index contributed by atoms with van der Waals surface area (Å²) in [5, 5.41) is 18.3. The number of rotatable bonds is 3. The minimum atomic E-state index is -1.37. The molecule has 1 aromatic heterocycles. The van der Waals surface area contributed by atoms with Crippen LogP contribution in [0.4, 0.5) is 0 Å². The number of aliphatic hydroxyl groups excluding tert-OH is 2. The van der Waals surface area contributed by atoms with Crippen molar-refractivity contribution in [2.45, 2.75) is 19.1 Å². The summed E-state index contributed by atoms with van der Waals surface area (Å²) >= 11 is 0. The number of hydrogen-bond acceptors (Lipinski definition) is 5. The maximum Gasteiger partial charge on any atom is 0.195 e. The van der Waals surface area contributed by atoms with Gasteiger partial charge in [-0.05, 0) is 13.0 Å². The highest BCUT2D eigenvalue weighted by molar-refractivity contribution is 5.87. The molecule has 1 heterocycles. The van der Waals surface area contributed by atoms with Crippen LogP contribution >= 0.6 is 0 Å². The van der Waals surface area contributed by atoms with Crippen LogP contribution in [0.25, 0.3) is 0 Å². The molecule has 0 aliphatic carbocycles. The number of hydrogen-bond donors (Lipinski definition) is 2. The first-order valence-electron chi connectivity index (χ1n) is 3.78. The van der Waals surface area contributed by atoms with E-state index in [9.17, 15) is 9.90 Å². The molecule has 0 spiro atoms. The molecule has 0 bridgehead atoms. The molecule has 2 N–H and O–H groups in total. The smallest absolute Gasteiger partial charge is 0.195 e. The van der Waals surface area contributed by atoms with Crippen LogP contribution in [-0.4, -0.2) is 32.1 Å². The van der Waals surface area contributed by atoms with Gasteiger partial charge in [0.1, 0.15) is 12.4 Å². The largest absolute Gasteiger partial charge is 0.385 e. The van der Waals surface area contributed by atoms with Crippen LogP contribution in [0.2, 0.25) is 0 Å². The van der Waals surface area contributed by atoms with Gasteiger partial charge in [0.15, 0.2) is 11.9 Å². The van der Waals surface area contributed by atoms with Crippen molar-refractivity contribution in [3.8, 4) is 0 Å². The predicted octanol–water partition coefficient (Wildman–Crippen LogP) is -0.540. The molecule has 5 heteroatoms. The van der Waals surface area contributed by atoms with Crippen molar-refractivity contribution in [1.29, 1.82) is 0 Å². The van der Waals surface area contributed by atoms with E-state index >= 15 is 0 Å². The highest BCUT2D eigenvalue weighted by Crippen LogP contribution is 2.10. The van der Waals surface area contributed by atoms with Gasteiger partial charge in [-0.1, -0.05) is 0 Å². The van der Waals surface area contributed by atoms with Crippen LogP contribution in [0.1, 0.15) is 18.7 Å². The lowest BCUT2D eigenvalue weighted by Crippen LogP contribution is -2.24. The molecule has 5 nitrogen and oxygen atoms in total. The van der Waals surface area contributed by atoms with Gasteiger partial charge in [-0.3, -0.25) is 4.79 Å². The number of carbonyl (C=O) groups excluding carboxylic acids is 1. The average Bonchev–Trinajstić information content (AvgIpc) is 2.17. The van der Waals surface area contributed by atoms with Crippen molar-refractivity contribution in [3.63, 3.8) is 0 Å². The number of ketones is 1. The Morgan fingerprint density at radius 3 is 2.69 bits per heavy atom. The van der Waals surface area contributed by atoms with Crippen molar-refractivity contribution in [1.82, 2.24) is 9.97 Å². The molecule has 0 amide bonds. The molecule has 0 saturated carbocycles. The molecule has 1 aromatic rings. The van der Waals surface area contributed by atoms with Crippen LogP contribution in [0, 0.1) is 0 Å². The summed E-state index contributed by atoms with van der Waals surface area (Å²) in [4.78, 5) is 18.4. The molecule has 70 valence electrons. The van der Waals surface area contributed by atoms with Crippen molar-refractivity contribution in [3.05, 3.63) is 24.3 Å². The third-order valence-electron chi connectivity index (χ3n) is 1.57. The number of aromatic nitrogens is 2. The number of Topliss-reactive ketones (excluding diaryl/α,β-unsaturated/α-hetero) is 1. The maximum absolute atomic E-state index is 11.1. The minimum absolute atomic E-state index is 0.195. The lowest BCUT2D eigenvalue weighted by Gasteiger charge is -2.09. The van der Waals surface area contributed by atoms with Gasteiger partial charge >= 0.3 is 0 Å². The molecule has 13 heavy (non-hydrogen) atoms. The zero-order valence-electron chi connectivity index (χ0n) is 7.08.